The molecule has 1 amide bonds. The summed E-state index contributed by atoms with van der Waals surface area (Å²) in [6.45, 7) is 5.75. The van der Waals surface area contributed by atoms with Crippen LogP contribution in [0, 0.1) is 5.41 Å². The van der Waals surface area contributed by atoms with E-state index < -0.39 is 0 Å². The van der Waals surface area contributed by atoms with Crippen molar-refractivity contribution in [1.82, 2.24) is 10.2 Å². The zero-order valence-corrected chi connectivity index (χ0v) is 13.2. The number of carbonyl (C=O) groups excluding carboxylic acids is 2. The first-order chi connectivity index (χ1) is 10.6. The Hall–Kier alpha value is -1.68. The monoisotopic (exact) mass is 300 g/mol. The van der Waals surface area contributed by atoms with Crippen molar-refractivity contribution in [2.75, 3.05) is 26.2 Å². The van der Waals surface area contributed by atoms with Gasteiger partial charge in [-0.25, -0.2) is 0 Å². The van der Waals surface area contributed by atoms with Crippen LogP contribution in [0.3, 0.4) is 0 Å². The number of hydrogen-bond acceptors (Lipinski definition) is 3. The second kappa shape index (κ2) is 6.21. The molecule has 1 spiro atoms. The minimum absolute atomic E-state index is 0.0938. The SMILES string of the molecule is CCC(=O)c1ccc(C(=O)N2CCC3(CCNC3)CC2)cc1. The van der Waals surface area contributed by atoms with Crippen LogP contribution in [0.5, 0.6) is 0 Å². The summed E-state index contributed by atoms with van der Waals surface area (Å²) in [6, 6.07) is 7.11. The molecule has 2 fully saturated rings. The molecular weight excluding hydrogens is 276 g/mol. The molecule has 2 heterocycles. The third kappa shape index (κ3) is 2.93. The van der Waals surface area contributed by atoms with E-state index >= 15 is 0 Å². The Morgan fingerprint density at radius 2 is 1.73 bits per heavy atom. The number of benzene rings is 1. The molecule has 2 aliphatic heterocycles. The van der Waals surface area contributed by atoms with E-state index in [1.54, 1.807) is 24.3 Å². The first-order valence-corrected chi connectivity index (χ1v) is 8.27. The van der Waals surface area contributed by atoms with Crippen molar-refractivity contribution in [3.8, 4) is 0 Å². The molecule has 1 N–H and O–H groups in total. The van der Waals surface area contributed by atoms with E-state index in [0.717, 1.165) is 39.0 Å². The number of carbonyl (C=O) groups is 2. The summed E-state index contributed by atoms with van der Waals surface area (Å²) in [5.74, 6) is 0.212. The Labute approximate surface area is 131 Å². The Bertz CT molecular complexity index is 549. The van der Waals surface area contributed by atoms with Crippen LogP contribution < -0.4 is 5.32 Å². The van der Waals surface area contributed by atoms with Crippen LogP contribution in [-0.4, -0.2) is 42.8 Å². The number of nitrogens with zero attached hydrogens (tertiary/aromatic N) is 1. The highest BCUT2D eigenvalue weighted by Crippen LogP contribution is 2.37. The van der Waals surface area contributed by atoms with E-state index in [1.165, 1.54) is 6.42 Å². The van der Waals surface area contributed by atoms with Crippen LogP contribution in [0.4, 0.5) is 0 Å². The predicted molar refractivity (Wildman–Crippen MR) is 86.1 cm³/mol. The molecule has 3 rings (SSSR count). The molecule has 0 bridgehead atoms. The standard InChI is InChI=1S/C18H24N2O2/c1-2-16(21)14-3-5-15(6-4-14)17(22)20-11-8-18(9-12-20)7-10-19-13-18/h3-6,19H,2,7-13H2,1H3. The summed E-state index contributed by atoms with van der Waals surface area (Å²) in [6.07, 6.45) is 3.93. The lowest BCUT2D eigenvalue weighted by atomic mass is 9.78. The van der Waals surface area contributed by atoms with Gasteiger partial charge < -0.3 is 10.2 Å². The van der Waals surface area contributed by atoms with Gasteiger partial charge in [-0.05, 0) is 43.4 Å². The van der Waals surface area contributed by atoms with Crippen molar-refractivity contribution >= 4 is 11.7 Å². The van der Waals surface area contributed by atoms with Crippen LogP contribution in [-0.2, 0) is 0 Å². The van der Waals surface area contributed by atoms with E-state index in [9.17, 15) is 9.59 Å². The van der Waals surface area contributed by atoms with E-state index in [1.807, 2.05) is 11.8 Å². The number of amides is 1. The van der Waals surface area contributed by atoms with Gasteiger partial charge in [0, 0.05) is 37.2 Å². The van der Waals surface area contributed by atoms with E-state index in [4.69, 9.17) is 0 Å². The van der Waals surface area contributed by atoms with Gasteiger partial charge in [-0.15, -0.1) is 0 Å². The molecule has 1 aromatic rings. The molecule has 4 nitrogen and oxygen atoms in total. The van der Waals surface area contributed by atoms with Gasteiger partial charge in [-0.1, -0.05) is 19.1 Å². The Balaban J connectivity index is 1.63. The normalized spacial score (nSPS) is 20.3. The van der Waals surface area contributed by atoms with Crippen molar-refractivity contribution in [3.05, 3.63) is 35.4 Å². The second-order valence-corrected chi connectivity index (χ2v) is 6.57. The van der Waals surface area contributed by atoms with Crippen molar-refractivity contribution in [1.29, 1.82) is 0 Å². The topological polar surface area (TPSA) is 49.4 Å². The minimum Gasteiger partial charge on any atom is -0.339 e. The Morgan fingerprint density at radius 3 is 2.27 bits per heavy atom. The van der Waals surface area contributed by atoms with Crippen molar-refractivity contribution in [3.63, 3.8) is 0 Å². The van der Waals surface area contributed by atoms with Gasteiger partial charge in [-0.2, -0.15) is 0 Å². The number of rotatable bonds is 3. The van der Waals surface area contributed by atoms with Gasteiger partial charge in [0.1, 0.15) is 0 Å². The first kappa shape index (κ1) is 15.2. The summed E-state index contributed by atoms with van der Waals surface area (Å²) >= 11 is 0. The molecule has 0 aliphatic carbocycles. The molecule has 118 valence electrons. The average molecular weight is 300 g/mol. The fourth-order valence-electron chi connectivity index (χ4n) is 3.59. The number of nitrogens with one attached hydrogen (secondary N) is 1. The zero-order valence-electron chi connectivity index (χ0n) is 13.2. The van der Waals surface area contributed by atoms with Crippen LogP contribution in [0.15, 0.2) is 24.3 Å². The van der Waals surface area contributed by atoms with Crippen molar-refractivity contribution in [2.45, 2.75) is 32.6 Å². The predicted octanol–water partition coefficient (Wildman–Crippen LogP) is 2.50. The first-order valence-electron chi connectivity index (χ1n) is 8.27. The largest absolute Gasteiger partial charge is 0.339 e. The van der Waals surface area contributed by atoms with Gasteiger partial charge >= 0.3 is 0 Å². The third-order valence-electron chi connectivity index (χ3n) is 5.22. The van der Waals surface area contributed by atoms with Crippen molar-refractivity contribution < 1.29 is 9.59 Å². The fourth-order valence-corrected chi connectivity index (χ4v) is 3.59. The lowest BCUT2D eigenvalue weighted by Gasteiger charge is -2.38. The summed E-state index contributed by atoms with van der Waals surface area (Å²) in [4.78, 5) is 26.2. The van der Waals surface area contributed by atoms with E-state index in [-0.39, 0.29) is 11.7 Å². The molecule has 0 unspecified atom stereocenters. The third-order valence-corrected chi connectivity index (χ3v) is 5.22. The van der Waals surface area contributed by atoms with Gasteiger partial charge in [0.2, 0.25) is 0 Å². The minimum atomic E-state index is 0.0938. The summed E-state index contributed by atoms with van der Waals surface area (Å²) in [7, 11) is 0. The van der Waals surface area contributed by atoms with Crippen LogP contribution >= 0.6 is 0 Å². The van der Waals surface area contributed by atoms with Gasteiger partial charge in [0.15, 0.2) is 5.78 Å². The summed E-state index contributed by atoms with van der Waals surface area (Å²) < 4.78 is 0. The second-order valence-electron chi connectivity index (χ2n) is 6.57. The van der Waals surface area contributed by atoms with Gasteiger partial charge in [0.05, 0.1) is 0 Å². The van der Waals surface area contributed by atoms with Crippen LogP contribution in [0.1, 0.15) is 53.3 Å². The molecule has 0 atom stereocenters. The van der Waals surface area contributed by atoms with Crippen molar-refractivity contribution in [2.24, 2.45) is 5.41 Å². The maximum atomic E-state index is 12.6. The fraction of sp³-hybridized carbons (Fsp3) is 0.556. The molecule has 0 radical (unpaired) electrons. The number of ketones is 1. The summed E-state index contributed by atoms with van der Waals surface area (Å²) in [5, 5.41) is 3.45. The molecule has 2 saturated heterocycles. The highest BCUT2D eigenvalue weighted by Gasteiger charge is 2.38. The highest BCUT2D eigenvalue weighted by atomic mass is 16.2. The molecule has 4 heteroatoms. The lowest BCUT2D eigenvalue weighted by molar-refractivity contribution is 0.0607. The van der Waals surface area contributed by atoms with Gasteiger partial charge in [0.25, 0.3) is 5.91 Å². The van der Waals surface area contributed by atoms with E-state index in [2.05, 4.69) is 5.32 Å². The van der Waals surface area contributed by atoms with Crippen LogP contribution in [0.2, 0.25) is 0 Å². The number of Topliss-reactive ketones (excluding diaryl/α,β-unsaturated/α-hetero) is 1. The molecule has 0 aromatic heterocycles. The summed E-state index contributed by atoms with van der Waals surface area (Å²) in [5.41, 5.74) is 1.80. The van der Waals surface area contributed by atoms with Gasteiger partial charge in [-0.3, -0.25) is 9.59 Å². The highest BCUT2D eigenvalue weighted by molar-refractivity contribution is 5.98. The maximum Gasteiger partial charge on any atom is 0.253 e. The van der Waals surface area contributed by atoms with E-state index in [0.29, 0.717) is 23.0 Å². The molecule has 0 saturated carbocycles. The number of likely N-dealkylation sites (tertiary alicyclic amines) is 1. The lowest BCUT2D eigenvalue weighted by Crippen LogP contribution is -2.44. The number of hydrogen-bond donors (Lipinski definition) is 1. The smallest absolute Gasteiger partial charge is 0.253 e. The molecular formula is C18H24N2O2. The molecule has 2 aliphatic rings. The number of piperidine rings is 1. The molecule has 22 heavy (non-hydrogen) atoms. The van der Waals surface area contributed by atoms with Crippen LogP contribution in [0.25, 0.3) is 0 Å². The Morgan fingerprint density at radius 1 is 1.09 bits per heavy atom. The average Bonchev–Trinajstić information content (AvgIpc) is 3.02. The maximum absolute atomic E-state index is 12.6. The Kier molecular flexibility index (Phi) is 4.30. The quantitative estimate of drug-likeness (QED) is 0.873. The zero-order chi connectivity index (χ0) is 15.6. The molecule has 1 aromatic carbocycles.